The van der Waals surface area contributed by atoms with Crippen LogP contribution >= 0.6 is 0 Å². The number of anilines is 3. The Morgan fingerprint density at radius 2 is 2.00 bits per heavy atom. The minimum Gasteiger partial charge on any atom is -0.352 e. The van der Waals surface area contributed by atoms with Gasteiger partial charge in [-0.15, -0.1) is 0 Å². The van der Waals surface area contributed by atoms with E-state index in [9.17, 15) is 4.79 Å². The minimum atomic E-state index is 0.0960. The third kappa shape index (κ3) is 3.77. The highest BCUT2D eigenvalue weighted by atomic mass is 16.1. The Hall–Kier alpha value is -2.43. The van der Waals surface area contributed by atoms with Crippen LogP contribution in [0.25, 0.3) is 0 Å². The smallest absolute Gasteiger partial charge is 0.149 e. The van der Waals surface area contributed by atoms with Crippen LogP contribution in [0.5, 0.6) is 0 Å². The Bertz CT molecular complexity index is 556. The zero-order valence-corrected chi connectivity index (χ0v) is 11.0. The van der Waals surface area contributed by atoms with E-state index in [1.165, 1.54) is 6.33 Å². The van der Waals surface area contributed by atoms with Gasteiger partial charge in [0, 0.05) is 18.8 Å². The number of hydrogen-bond donors (Lipinski definition) is 1. The molecule has 0 fully saturated rings. The van der Waals surface area contributed by atoms with Gasteiger partial charge >= 0.3 is 0 Å². The molecule has 0 radical (unpaired) electrons. The topological polar surface area (TPSA) is 58.1 Å². The van der Waals surface area contributed by atoms with Crippen molar-refractivity contribution in [2.75, 3.05) is 23.8 Å². The molecule has 0 aliphatic rings. The standard InChI is InChI=1S/C14H16N4O/c1-11(19)9-18(2)14-8-13(15-10-16-14)17-12-6-4-3-5-7-12/h3-8,10H,9H2,1-2H3,(H,15,16,17). The van der Waals surface area contributed by atoms with E-state index < -0.39 is 0 Å². The number of hydrogen-bond acceptors (Lipinski definition) is 5. The van der Waals surface area contributed by atoms with Gasteiger partial charge in [-0.05, 0) is 19.1 Å². The summed E-state index contributed by atoms with van der Waals surface area (Å²) in [5.74, 6) is 1.51. The molecule has 0 amide bonds. The number of aromatic nitrogens is 2. The third-order valence-electron chi connectivity index (χ3n) is 2.55. The van der Waals surface area contributed by atoms with Gasteiger partial charge < -0.3 is 10.2 Å². The molecule has 1 aromatic heterocycles. The monoisotopic (exact) mass is 256 g/mol. The van der Waals surface area contributed by atoms with Gasteiger partial charge in [0.1, 0.15) is 23.7 Å². The van der Waals surface area contributed by atoms with Crippen LogP contribution in [0.2, 0.25) is 0 Å². The number of benzene rings is 1. The predicted octanol–water partition coefficient (Wildman–Crippen LogP) is 2.25. The molecule has 2 aromatic rings. The van der Waals surface area contributed by atoms with Crippen LogP contribution in [0.3, 0.4) is 0 Å². The van der Waals surface area contributed by atoms with Crippen molar-refractivity contribution >= 4 is 23.1 Å². The minimum absolute atomic E-state index is 0.0960. The van der Waals surface area contributed by atoms with E-state index in [1.807, 2.05) is 43.4 Å². The summed E-state index contributed by atoms with van der Waals surface area (Å²) >= 11 is 0. The molecule has 19 heavy (non-hydrogen) atoms. The summed E-state index contributed by atoms with van der Waals surface area (Å²) in [6, 6.07) is 11.6. The number of carbonyl (C=O) groups excluding carboxylic acids is 1. The molecule has 5 nitrogen and oxygen atoms in total. The fourth-order valence-electron chi connectivity index (χ4n) is 1.71. The van der Waals surface area contributed by atoms with Gasteiger partial charge in [0.2, 0.25) is 0 Å². The number of nitrogens with zero attached hydrogens (tertiary/aromatic N) is 3. The number of nitrogens with one attached hydrogen (secondary N) is 1. The van der Waals surface area contributed by atoms with Crippen molar-refractivity contribution in [2.24, 2.45) is 0 Å². The lowest BCUT2D eigenvalue weighted by molar-refractivity contribution is -0.115. The molecule has 0 spiro atoms. The van der Waals surface area contributed by atoms with E-state index in [0.717, 1.165) is 5.69 Å². The fourth-order valence-corrected chi connectivity index (χ4v) is 1.71. The molecule has 2 rings (SSSR count). The molecule has 0 bridgehead atoms. The third-order valence-corrected chi connectivity index (χ3v) is 2.55. The van der Waals surface area contributed by atoms with E-state index in [2.05, 4.69) is 15.3 Å². The highest BCUT2D eigenvalue weighted by Crippen LogP contribution is 2.17. The fraction of sp³-hybridized carbons (Fsp3) is 0.214. The molecule has 1 heterocycles. The molecule has 98 valence electrons. The maximum Gasteiger partial charge on any atom is 0.149 e. The zero-order chi connectivity index (χ0) is 13.7. The summed E-state index contributed by atoms with van der Waals surface area (Å²) in [5.41, 5.74) is 0.960. The van der Waals surface area contributed by atoms with E-state index >= 15 is 0 Å². The second kappa shape index (κ2) is 5.95. The molecule has 0 aliphatic heterocycles. The largest absolute Gasteiger partial charge is 0.352 e. The predicted molar refractivity (Wildman–Crippen MR) is 75.7 cm³/mol. The molecule has 1 N–H and O–H groups in total. The van der Waals surface area contributed by atoms with Crippen LogP contribution in [-0.4, -0.2) is 29.3 Å². The zero-order valence-electron chi connectivity index (χ0n) is 11.0. The molecule has 0 unspecified atom stereocenters. The Labute approximate surface area is 112 Å². The Morgan fingerprint density at radius 1 is 1.26 bits per heavy atom. The average molecular weight is 256 g/mol. The summed E-state index contributed by atoms with van der Waals surface area (Å²) in [6.45, 7) is 1.89. The van der Waals surface area contributed by atoms with Crippen molar-refractivity contribution < 1.29 is 4.79 Å². The van der Waals surface area contributed by atoms with Gasteiger partial charge in [0.15, 0.2) is 0 Å². The Balaban J connectivity index is 2.13. The summed E-state index contributed by atoms with van der Waals surface area (Å²) in [7, 11) is 1.83. The summed E-state index contributed by atoms with van der Waals surface area (Å²) in [4.78, 5) is 21.2. The van der Waals surface area contributed by atoms with Gasteiger partial charge in [0.25, 0.3) is 0 Å². The van der Waals surface area contributed by atoms with Crippen LogP contribution in [0.1, 0.15) is 6.92 Å². The molecule has 0 atom stereocenters. The highest BCUT2D eigenvalue weighted by molar-refractivity contribution is 5.80. The second-order valence-electron chi connectivity index (χ2n) is 4.31. The Morgan fingerprint density at radius 3 is 2.68 bits per heavy atom. The van der Waals surface area contributed by atoms with E-state index in [0.29, 0.717) is 18.2 Å². The van der Waals surface area contributed by atoms with E-state index in [4.69, 9.17) is 0 Å². The summed E-state index contributed by atoms with van der Waals surface area (Å²) in [5, 5.41) is 3.19. The van der Waals surface area contributed by atoms with Crippen LogP contribution in [0.4, 0.5) is 17.3 Å². The van der Waals surface area contributed by atoms with Gasteiger partial charge in [-0.3, -0.25) is 4.79 Å². The lowest BCUT2D eigenvalue weighted by Crippen LogP contribution is -2.24. The first-order valence-corrected chi connectivity index (χ1v) is 6.00. The first kappa shape index (κ1) is 13.0. The number of likely N-dealkylation sites (N-methyl/N-ethyl adjacent to an activating group) is 1. The molecular weight excluding hydrogens is 240 g/mol. The molecule has 1 aromatic carbocycles. The maximum absolute atomic E-state index is 11.1. The van der Waals surface area contributed by atoms with Gasteiger partial charge in [-0.25, -0.2) is 9.97 Å². The molecule has 0 saturated carbocycles. The first-order chi connectivity index (χ1) is 9.15. The maximum atomic E-state index is 11.1. The molecule has 0 saturated heterocycles. The molecular formula is C14H16N4O. The highest BCUT2D eigenvalue weighted by Gasteiger charge is 2.06. The van der Waals surface area contributed by atoms with Crippen molar-refractivity contribution in [3.8, 4) is 0 Å². The SMILES string of the molecule is CC(=O)CN(C)c1cc(Nc2ccccc2)ncn1. The van der Waals surface area contributed by atoms with Crippen LogP contribution in [-0.2, 0) is 4.79 Å². The van der Waals surface area contributed by atoms with Crippen molar-refractivity contribution in [1.82, 2.24) is 9.97 Å². The van der Waals surface area contributed by atoms with Gasteiger partial charge in [-0.2, -0.15) is 0 Å². The second-order valence-corrected chi connectivity index (χ2v) is 4.31. The number of para-hydroxylation sites is 1. The van der Waals surface area contributed by atoms with Crippen molar-refractivity contribution in [3.63, 3.8) is 0 Å². The van der Waals surface area contributed by atoms with E-state index in [-0.39, 0.29) is 5.78 Å². The number of carbonyl (C=O) groups is 1. The van der Waals surface area contributed by atoms with Crippen molar-refractivity contribution in [1.29, 1.82) is 0 Å². The Kier molecular flexibility index (Phi) is 4.07. The van der Waals surface area contributed by atoms with Crippen LogP contribution < -0.4 is 10.2 Å². The van der Waals surface area contributed by atoms with Gasteiger partial charge in [-0.1, -0.05) is 18.2 Å². The van der Waals surface area contributed by atoms with E-state index in [1.54, 1.807) is 11.8 Å². The molecule has 5 heteroatoms. The average Bonchev–Trinajstić information content (AvgIpc) is 2.39. The normalized spacial score (nSPS) is 10.0. The lowest BCUT2D eigenvalue weighted by atomic mass is 10.3. The summed E-state index contributed by atoms with van der Waals surface area (Å²) < 4.78 is 0. The van der Waals surface area contributed by atoms with Crippen LogP contribution in [0, 0.1) is 0 Å². The lowest BCUT2D eigenvalue weighted by Gasteiger charge is -2.16. The molecule has 0 aliphatic carbocycles. The van der Waals surface area contributed by atoms with Crippen molar-refractivity contribution in [2.45, 2.75) is 6.92 Å². The number of Topliss-reactive ketones (excluding diaryl/α,β-unsaturated/α-hetero) is 1. The first-order valence-electron chi connectivity index (χ1n) is 6.00. The quantitative estimate of drug-likeness (QED) is 0.889. The van der Waals surface area contributed by atoms with Crippen molar-refractivity contribution in [3.05, 3.63) is 42.7 Å². The number of ketones is 1. The summed E-state index contributed by atoms with van der Waals surface area (Å²) in [6.07, 6.45) is 1.48. The van der Waals surface area contributed by atoms with Crippen LogP contribution in [0.15, 0.2) is 42.7 Å². The number of rotatable bonds is 5. The van der Waals surface area contributed by atoms with Gasteiger partial charge in [0.05, 0.1) is 6.54 Å².